The number of anilines is 1. The summed E-state index contributed by atoms with van der Waals surface area (Å²) in [7, 11) is 0. The number of esters is 1. The monoisotopic (exact) mass is 253 g/mol. The second kappa shape index (κ2) is 5.20. The van der Waals surface area contributed by atoms with E-state index in [0.29, 0.717) is 5.82 Å². The van der Waals surface area contributed by atoms with Crippen molar-refractivity contribution in [2.75, 3.05) is 11.9 Å². The maximum absolute atomic E-state index is 11.6. The van der Waals surface area contributed by atoms with Crippen LogP contribution in [0.25, 0.3) is 0 Å². The van der Waals surface area contributed by atoms with Crippen LogP contribution in [0.4, 0.5) is 5.82 Å². The first-order valence-electron chi connectivity index (χ1n) is 5.81. The molecule has 1 amide bonds. The molecule has 18 heavy (non-hydrogen) atoms. The highest BCUT2D eigenvalue weighted by molar-refractivity contribution is 6.37. The van der Waals surface area contributed by atoms with Gasteiger partial charge in [-0.15, -0.1) is 0 Å². The molecule has 0 aliphatic heterocycles. The molecular formula is C12H19N3O3. The third-order valence-corrected chi connectivity index (χ3v) is 2.17. The molecule has 6 heteroatoms. The molecule has 0 bridgehead atoms. The Hall–Kier alpha value is -1.85. The minimum absolute atomic E-state index is 0.170. The number of carbonyl (C=O) groups is 2. The van der Waals surface area contributed by atoms with E-state index in [4.69, 9.17) is 0 Å². The van der Waals surface area contributed by atoms with E-state index in [-0.39, 0.29) is 12.1 Å². The topological polar surface area (TPSA) is 73.2 Å². The first-order chi connectivity index (χ1) is 8.25. The summed E-state index contributed by atoms with van der Waals surface area (Å²) in [4.78, 5) is 22.8. The zero-order valence-electron chi connectivity index (χ0n) is 11.4. The lowest BCUT2D eigenvalue weighted by atomic mass is 10.1. The molecule has 1 heterocycles. The Morgan fingerprint density at radius 1 is 1.44 bits per heavy atom. The van der Waals surface area contributed by atoms with E-state index in [1.54, 1.807) is 17.7 Å². The number of rotatable bonds is 2. The molecule has 0 aliphatic rings. The lowest BCUT2D eigenvalue weighted by Gasteiger charge is -2.22. The molecule has 0 radical (unpaired) electrons. The largest absolute Gasteiger partial charge is 0.459 e. The van der Waals surface area contributed by atoms with Crippen LogP contribution < -0.4 is 5.32 Å². The van der Waals surface area contributed by atoms with Crippen LogP contribution in [0.1, 0.15) is 33.4 Å². The molecule has 100 valence electrons. The number of ether oxygens (including phenoxy) is 1. The van der Waals surface area contributed by atoms with Crippen molar-refractivity contribution in [2.45, 2.75) is 40.2 Å². The summed E-state index contributed by atoms with van der Waals surface area (Å²) in [6.07, 6.45) is 0. The Morgan fingerprint density at radius 2 is 2.06 bits per heavy atom. The molecule has 1 N–H and O–H groups in total. The summed E-state index contributed by atoms with van der Waals surface area (Å²) in [5.74, 6) is -1.20. The van der Waals surface area contributed by atoms with Gasteiger partial charge in [-0.3, -0.25) is 4.79 Å². The number of nitrogens with zero attached hydrogens (tertiary/aromatic N) is 2. The molecule has 0 spiro atoms. The standard InChI is InChI=1S/C12H19N3O3/c1-6-18-11(17)10(16)13-9-7-8(2)14-15(9)12(3,4)5/h7H,6H2,1-5H3,(H,13,16). The first kappa shape index (κ1) is 14.2. The van der Waals surface area contributed by atoms with Crippen LogP contribution >= 0.6 is 0 Å². The fourth-order valence-electron chi connectivity index (χ4n) is 1.46. The van der Waals surface area contributed by atoms with Crippen LogP contribution in [0.3, 0.4) is 0 Å². The van der Waals surface area contributed by atoms with Gasteiger partial charge >= 0.3 is 11.9 Å². The van der Waals surface area contributed by atoms with E-state index in [1.165, 1.54) is 0 Å². The Labute approximate surface area is 106 Å². The molecule has 1 rings (SSSR count). The van der Waals surface area contributed by atoms with Gasteiger partial charge in [0.05, 0.1) is 17.8 Å². The average Bonchev–Trinajstić information content (AvgIpc) is 2.59. The molecule has 6 nitrogen and oxygen atoms in total. The quantitative estimate of drug-likeness (QED) is 0.639. The molecule has 1 aromatic rings. The molecule has 0 unspecified atom stereocenters. The van der Waals surface area contributed by atoms with Crippen LogP contribution in [0.15, 0.2) is 6.07 Å². The minimum atomic E-state index is -0.892. The third-order valence-electron chi connectivity index (χ3n) is 2.17. The zero-order valence-corrected chi connectivity index (χ0v) is 11.4. The van der Waals surface area contributed by atoms with Gasteiger partial charge in [-0.05, 0) is 34.6 Å². The molecule has 0 fully saturated rings. The van der Waals surface area contributed by atoms with Gasteiger partial charge in [0.2, 0.25) is 0 Å². The summed E-state index contributed by atoms with van der Waals surface area (Å²) in [5.41, 5.74) is 0.481. The summed E-state index contributed by atoms with van der Waals surface area (Å²) in [5, 5.41) is 6.80. The van der Waals surface area contributed by atoms with Crippen LogP contribution in [0, 0.1) is 6.92 Å². The van der Waals surface area contributed by atoms with Crippen molar-refractivity contribution in [1.82, 2.24) is 9.78 Å². The van der Waals surface area contributed by atoms with E-state index in [2.05, 4.69) is 15.2 Å². The van der Waals surface area contributed by atoms with Gasteiger partial charge in [-0.1, -0.05) is 0 Å². The molecule has 0 aliphatic carbocycles. The van der Waals surface area contributed by atoms with Crippen molar-refractivity contribution >= 4 is 17.7 Å². The van der Waals surface area contributed by atoms with Crippen LogP contribution in [-0.4, -0.2) is 28.3 Å². The smallest absolute Gasteiger partial charge is 0.397 e. The van der Waals surface area contributed by atoms with Gasteiger partial charge in [-0.2, -0.15) is 5.10 Å². The lowest BCUT2D eigenvalue weighted by molar-refractivity contribution is -0.152. The number of amides is 1. The molecule has 0 saturated heterocycles. The maximum atomic E-state index is 11.6. The minimum Gasteiger partial charge on any atom is -0.459 e. The van der Waals surface area contributed by atoms with E-state index in [9.17, 15) is 9.59 Å². The lowest BCUT2D eigenvalue weighted by Crippen LogP contribution is -2.30. The predicted molar refractivity (Wildman–Crippen MR) is 67.2 cm³/mol. The van der Waals surface area contributed by atoms with Gasteiger partial charge < -0.3 is 10.1 Å². The maximum Gasteiger partial charge on any atom is 0.397 e. The van der Waals surface area contributed by atoms with Gasteiger partial charge in [0.1, 0.15) is 5.82 Å². The fraction of sp³-hybridized carbons (Fsp3) is 0.583. The van der Waals surface area contributed by atoms with Gasteiger partial charge in [-0.25, -0.2) is 9.48 Å². The van der Waals surface area contributed by atoms with E-state index in [0.717, 1.165) is 5.69 Å². The highest BCUT2D eigenvalue weighted by Gasteiger charge is 2.22. The Balaban J connectivity index is 2.91. The highest BCUT2D eigenvalue weighted by Crippen LogP contribution is 2.21. The molecule has 0 atom stereocenters. The van der Waals surface area contributed by atoms with Crippen molar-refractivity contribution in [1.29, 1.82) is 0 Å². The molecule has 1 aromatic heterocycles. The molecule has 0 aromatic carbocycles. The Bertz CT molecular complexity index is 458. The SMILES string of the molecule is CCOC(=O)C(=O)Nc1cc(C)nn1C(C)(C)C. The zero-order chi connectivity index (χ0) is 13.9. The number of aryl methyl sites for hydroxylation is 1. The van der Waals surface area contributed by atoms with Crippen molar-refractivity contribution in [3.8, 4) is 0 Å². The van der Waals surface area contributed by atoms with E-state index >= 15 is 0 Å². The Morgan fingerprint density at radius 3 is 2.56 bits per heavy atom. The summed E-state index contributed by atoms with van der Waals surface area (Å²) in [6.45, 7) is 9.51. The van der Waals surface area contributed by atoms with Crippen LogP contribution in [-0.2, 0) is 19.9 Å². The van der Waals surface area contributed by atoms with Crippen molar-refractivity contribution in [3.63, 3.8) is 0 Å². The second-order valence-electron chi connectivity index (χ2n) is 4.93. The second-order valence-corrected chi connectivity index (χ2v) is 4.93. The Kier molecular flexibility index (Phi) is 4.11. The van der Waals surface area contributed by atoms with Crippen molar-refractivity contribution < 1.29 is 14.3 Å². The van der Waals surface area contributed by atoms with Crippen molar-refractivity contribution in [3.05, 3.63) is 11.8 Å². The van der Waals surface area contributed by atoms with Gasteiger partial charge in [0, 0.05) is 6.07 Å². The third kappa shape index (κ3) is 3.32. The van der Waals surface area contributed by atoms with Gasteiger partial charge in [0.25, 0.3) is 0 Å². The van der Waals surface area contributed by atoms with Gasteiger partial charge in [0.15, 0.2) is 0 Å². The normalized spacial score (nSPS) is 11.2. The number of hydrogen-bond donors (Lipinski definition) is 1. The molecule has 0 saturated carbocycles. The van der Waals surface area contributed by atoms with Crippen molar-refractivity contribution in [2.24, 2.45) is 0 Å². The van der Waals surface area contributed by atoms with E-state index < -0.39 is 11.9 Å². The first-order valence-corrected chi connectivity index (χ1v) is 5.81. The summed E-state index contributed by atoms with van der Waals surface area (Å²) >= 11 is 0. The summed E-state index contributed by atoms with van der Waals surface area (Å²) in [6, 6.07) is 1.71. The average molecular weight is 253 g/mol. The van der Waals surface area contributed by atoms with Crippen LogP contribution in [0.2, 0.25) is 0 Å². The number of nitrogens with one attached hydrogen (secondary N) is 1. The van der Waals surface area contributed by atoms with E-state index in [1.807, 2.05) is 27.7 Å². The van der Waals surface area contributed by atoms with Crippen LogP contribution in [0.5, 0.6) is 0 Å². The molecular weight excluding hydrogens is 234 g/mol. The predicted octanol–water partition coefficient (Wildman–Crippen LogP) is 1.45. The number of hydrogen-bond acceptors (Lipinski definition) is 4. The number of carbonyl (C=O) groups excluding carboxylic acids is 2. The fourth-order valence-corrected chi connectivity index (χ4v) is 1.46. The highest BCUT2D eigenvalue weighted by atomic mass is 16.5. The number of aromatic nitrogens is 2. The summed E-state index contributed by atoms with van der Waals surface area (Å²) < 4.78 is 6.29.